The maximum Gasteiger partial charge on any atom is 0.417 e. The standard InChI is InChI=1S/C20H19ClF3N5O/c1-28-17(13-9-26-29(12-5-6-12)18(30)16(13)27-28)19(25,10-2-3-10)11-4-7-14(15(21)8-11)20(22,23)24/h4,7-10,12H,2-3,5-6,25H2,1H3/t19-/m1/s1. The Labute approximate surface area is 174 Å². The Hall–Kier alpha value is -2.39. The molecule has 0 bridgehead atoms. The smallest absolute Gasteiger partial charge is 0.316 e. The van der Waals surface area contributed by atoms with Gasteiger partial charge in [-0.2, -0.15) is 23.4 Å². The number of benzene rings is 1. The Morgan fingerprint density at radius 3 is 2.47 bits per heavy atom. The van der Waals surface area contributed by atoms with Crippen molar-refractivity contribution in [1.82, 2.24) is 19.6 Å². The van der Waals surface area contributed by atoms with Crippen LogP contribution in [0, 0.1) is 5.92 Å². The van der Waals surface area contributed by atoms with E-state index in [9.17, 15) is 18.0 Å². The van der Waals surface area contributed by atoms with Crippen LogP contribution in [0.3, 0.4) is 0 Å². The molecule has 0 spiro atoms. The molecule has 2 heterocycles. The van der Waals surface area contributed by atoms with Gasteiger partial charge in [-0.3, -0.25) is 9.48 Å². The summed E-state index contributed by atoms with van der Waals surface area (Å²) in [6.45, 7) is 0. The van der Waals surface area contributed by atoms with E-state index in [4.69, 9.17) is 17.3 Å². The molecule has 2 aromatic heterocycles. The second-order valence-corrected chi connectivity index (χ2v) is 8.60. The monoisotopic (exact) mass is 437 g/mol. The van der Waals surface area contributed by atoms with Gasteiger partial charge in [-0.25, -0.2) is 4.68 Å². The van der Waals surface area contributed by atoms with E-state index in [1.807, 2.05) is 0 Å². The van der Waals surface area contributed by atoms with Crippen LogP contribution in [0.15, 0.2) is 29.2 Å². The Morgan fingerprint density at radius 2 is 1.90 bits per heavy atom. The van der Waals surface area contributed by atoms with Gasteiger partial charge in [-0.1, -0.05) is 17.7 Å². The molecule has 0 amide bonds. The summed E-state index contributed by atoms with van der Waals surface area (Å²) < 4.78 is 42.5. The Morgan fingerprint density at radius 1 is 1.20 bits per heavy atom. The Balaban J connectivity index is 1.71. The number of hydrogen-bond acceptors (Lipinski definition) is 4. The average Bonchev–Trinajstić information content (AvgIpc) is 3.57. The molecule has 1 aromatic carbocycles. The van der Waals surface area contributed by atoms with E-state index in [0.717, 1.165) is 31.7 Å². The normalized spacial score (nSPS) is 19.3. The van der Waals surface area contributed by atoms with Crippen molar-refractivity contribution in [3.05, 3.63) is 56.6 Å². The number of hydrogen-bond donors (Lipinski definition) is 1. The van der Waals surface area contributed by atoms with E-state index in [2.05, 4.69) is 10.2 Å². The maximum absolute atomic E-state index is 13.2. The molecule has 2 N–H and O–H groups in total. The lowest BCUT2D eigenvalue weighted by Gasteiger charge is -2.31. The van der Waals surface area contributed by atoms with Gasteiger partial charge in [0.25, 0.3) is 5.56 Å². The predicted octanol–water partition coefficient (Wildman–Crippen LogP) is 3.75. The highest BCUT2D eigenvalue weighted by molar-refractivity contribution is 6.31. The second kappa shape index (κ2) is 6.31. The van der Waals surface area contributed by atoms with Crippen LogP contribution in [0.2, 0.25) is 5.02 Å². The van der Waals surface area contributed by atoms with Crippen molar-refractivity contribution in [2.24, 2.45) is 18.7 Å². The fourth-order valence-electron chi connectivity index (χ4n) is 4.28. The minimum absolute atomic E-state index is 0.00485. The van der Waals surface area contributed by atoms with E-state index in [1.165, 1.54) is 16.8 Å². The summed E-state index contributed by atoms with van der Waals surface area (Å²) >= 11 is 5.99. The van der Waals surface area contributed by atoms with Crippen LogP contribution in [0.25, 0.3) is 10.9 Å². The van der Waals surface area contributed by atoms with E-state index >= 15 is 0 Å². The predicted molar refractivity (Wildman–Crippen MR) is 105 cm³/mol. The van der Waals surface area contributed by atoms with Crippen LogP contribution >= 0.6 is 11.6 Å². The van der Waals surface area contributed by atoms with E-state index in [1.54, 1.807) is 17.9 Å². The molecule has 3 aromatic rings. The molecule has 2 aliphatic carbocycles. The number of fused-ring (bicyclic) bond motifs is 1. The molecule has 5 rings (SSSR count). The first-order valence-electron chi connectivity index (χ1n) is 9.73. The van der Waals surface area contributed by atoms with Crippen molar-refractivity contribution in [2.45, 2.75) is 43.4 Å². The fourth-order valence-corrected chi connectivity index (χ4v) is 4.57. The molecule has 10 heteroatoms. The highest BCUT2D eigenvalue weighted by Crippen LogP contribution is 2.50. The van der Waals surface area contributed by atoms with E-state index < -0.39 is 22.3 Å². The molecular formula is C20H19ClF3N5O. The van der Waals surface area contributed by atoms with Gasteiger partial charge in [-0.15, -0.1) is 0 Å². The highest BCUT2D eigenvalue weighted by atomic mass is 35.5. The van der Waals surface area contributed by atoms with Crippen molar-refractivity contribution in [3.8, 4) is 0 Å². The summed E-state index contributed by atoms with van der Waals surface area (Å²) in [5.74, 6) is -0.00485. The van der Waals surface area contributed by atoms with Crippen LogP contribution in [-0.4, -0.2) is 19.6 Å². The van der Waals surface area contributed by atoms with Crippen molar-refractivity contribution in [3.63, 3.8) is 0 Å². The Kier molecular flexibility index (Phi) is 4.11. The van der Waals surface area contributed by atoms with Crippen molar-refractivity contribution < 1.29 is 13.2 Å². The molecule has 158 valence electrons. The number of halogens is 4. The quantitative estimate of drug-likeness (QED) is 0.674. The first-order valence-corrected chi connectivity index (χ1v) is 10.1. The average molecular weight is 438 g/mol. The Bertz CT molecular complexity index is 1230. The molecule has 2 saturated carbocycles. The van der Waals surface area contributed by atoms with Gasteiger partial charge in [0.05, 0.1) is 39.4 Å². The summed E-state index contributed by atoms with van der Waals surface area (Å²) in [5, 5.41) is 8.84. The molecule has 6 nitrogen and oxygen atoms in total. The van der Waals surface area contributed by atoms with Crippen molar-refractivity contribution in [1.29, 1.82) is 0 Å². The number of aryl methyl sites for hydroxylation is 1. The topological polar surface area (TPSA) is 78.7 Å². The van der Waals surface area contributed by atoms with Crippen LogP contribution in [0.1, 0.15) is 48.5 Å². The third-order valence-corrected chi connectivity index (χ3v) is 6.38. The number of nitrogens with zero attached hydrogens (tertiary/aromatic N) is 4. The molecule has 30 heavy (non-hydrogen) atoms. The molecule has 0 radical (unpaired) electrons. The summed E-state index contributed by atoms with van der Waals surface area (Å²) in [6.07, 6.45) is 0.482. The molecule has 2 aliphatic rings. The summed E-state index contributed by atoms with van der Waals surface area (Å²) in [6, 6.07) is 3.70. The molecular weight excluding hydrogens is 419 g/mol. The van der Waals surface area contributed by atoms with Crippen LogP contribution < -0.4 is 11.3 Å². The third-order valence-electron chi connectivity index (χ3n) is 6.06. The molecule has 0 aliphatic heterocycles. The molecule has 1 atom stereocenters. The van der Waals surface area contributed by atoms with Gasteiger partial charge in [0, 0.05) is 7.05 Å². The third kappa shape index (κ3) is 2.86. The first kappa shape index (κ1) is 19.6. The fraction of sp³-hybridized carbons (Fsp3) is 0.450. The highest BCUT2D eigenvalue weighted by Gasteiger charge is 2.48. The van der Waals surface area contributed by atoms with Crippen molar-refractivity contribution in [2.75, 3.05) is 0 Å². The summed E-state index contributed by atoms with van der Waals surface area (Å²) in [4.78, 5) is 12.9. The minimum atomic E-state index is -4.55. The molecule has 2 fully saturated rings. The number of rotatable bonds is 4. The lowest BCUT2D eigenvalue weighted by molar-refractivity contribution is -0.137. The van der Waals surface area contributed by atoms with Crippen LogP contribution in [0.5, 0.6) is 0 Å². The second-order valence-electron chi connectivity index (χ2n) is 8.20. The van der Waals surface area contributed by atoms with Gasteiger partial charge >= 0.3 is 6.18 Å². The first-order chi connectivity index (χ1) is 14.1. The minimum Gasteiger partial charge on any atom is -0.316 e. The molecule has 0 saturated heterocycles. The number of alkyl halides is 3. The lowest BCUT2D eigenvalue weighted by Crippen LogP contribution is -2.42. The van der Waals surface area contributed by atoms with Gasteiger partial charge < -0.3 is 5.73 Å². The zero-order valence-electron chi connectivity index (χ0n) is 16.1. The van der Waals surface area contributed by atoms with E-state index in [0.29, 0.717) is 16.6 Å². The zero-order valence-corrected chi connectivity index (χ0v) is 16.8. The number of nitrogens with two attached hydrogens (primary N) is 1. The van der Waals surface area contributed by atoms with Gasteiger partial charge in [0.2, 0.25) is 0 Å². The SMILES string of the molecule is Cn1nc2c(=O)n(C3CC3)ncc2c1[C@](N)(c1ccc(C(F)(F)F)c(Cl)c1)C1CC1. The van der Waals surface area contributed by atoms with E-state index in [-0.39, 0.29) is 23.0 Å². The maximum atomic E-state index is 13.2. The zero-order chi connectivity index (χ0) is 21.4. The number of aromatic nitrogens is 4. The molecule has 0 unspecified atom stereocenters. The van der Waals surface area contributed by atoms with Crippen molar-refractivity contribution >= 4 is 22.5 Å². The lowest BCUT2D eigenvalue weighted by atomic mass is 9.81. The summed E-state index contributed by atoms with van der Waals surface area (Å²) in [5.41, 5.74) is 5.86. The van der Waals surface area contributed by atoms with Gasteiger partial charge in [-0.05, 0) is 49.3 Å². The van der Waals surface area contributed by atoms with Gasteiger partial charge in [0.15, 0.2) is 5.52 Å². The van der Waals surface area contributed by atoms with Crippen LogP contribution in [-0.2, 0) is 18.8 Å². The summed E-state index contributed by atoms with van der Waals surface area (Å²) in [7, 11) is 1.69. The van der Waals surface area contributed by atoms with Crippen LogP contribution in [0.4, 0.5) is 13.2 Å². The van der Waals surface area contributed by atoms with Gasteiger partial charge in [0.1, 0.15) is 0 Å². The largest absolute Gasteiger partial charge is 0.417 e.